The molecule has 2 unspecified atom stereocenters. The Kier molecular flexibility index (Phi) is 6.05. The van der Waals surface area contributed by atoms with Gasteiger partial charge in [-0.05, 0) is 19.3 Å². The third-order valence-electron chi connectivity index (χ3n) is 2.70. The second-order valence-corrected chi connectivity index (χ2v) is 5.09. The third kappa shape index (κ3) is 4.46. The summed E-state index contributed by atoms with van der Waals surface area (Å²) >= 11 is 3.73. The van der Waals surface area contributed by atoms with Gasteiger partial charge >= 0.3 is 0 Å². The van der Waals surface area contributed by atoms with E-state index in [-0.39, 0.29) is 0 Å². The summed E-state index contributed by atoms with van der Waals surface area (Å²) in [5, 5.41) is 0. The quantitative estimate of drug-likeness (QED) is 0.417. The van der Waals surface area contributed by atoms with Gasteiger partial charge < -0.3 is 4.74 Å². The average molecular weight is 249 g/mol. The Morgan fingerprint density at radius 3 is 2.77 bits per heavy atom. The lowest BCUT2D eigenvalue weighted by atomic mass is 10.1. The molecule has 0 aliphatic heterocycles. The molecule has 1 aliphatic rings. The van der Waals surface area contributed by atoms with Gasteiger partial charge in [0.1, 0.15) is 0 Å². The number of hydrogen-bond donors (Lipinski definition) is 0. The summed E-state index contributed by atoms with van der Waals surface area (Å²) < 4.78 is 5.87. The Bertz CT molecular complexity index is 127. The highest BCUT2D eigenvalue weighted by atomic mass is 79.9. The zero-order chi connectivity index (χ0) is 9.52. The van der Waals surface area contributed by atoms with E-state index in [4.69, 9.17) is 4.74 Å². The molecule has 0 aromatic rings. The molecule has 0 amide bonds. The Labute approximate surface area is 90.4 Å². The average Bonchev–Trinajstić information content (AvgIpc) is 2.32. The fourth-order valence-electron chi connectivity index (χ4n) is 1.80. The van der Waals surface area contributed by atoms with Crippen molar-refractivity contribution >= 4 is 15.9 Å². The molecule has 13 heavy (non-hydrogen) atoms. The molecule has 0 saturated heterocycles. The van der Waals surface area contributed by atoms with Crippen molar-refractivity contribution in [1.82, 2.24) is 0 Å². The zero-order valence-corrected chi connectivity index (χ0v) is 10.2. The molecule has 78 valence electrons. The summed E-state index contributed by atoms with van der Waals surface area (Å²) in [4.78, 5) is 0.604. The fraction of sp³-hybridized carbons (Fsp3) is 1.00. The molecule has 2 atom stereocenters. The van der Waals surface area contributed by atoms with Crippen LogP contribution in [0.3, 0.4) is 0 Å². The number of unbranched alkanes of at least 4 members (excludes halogenated alkanes) is 1. The Hall–Kier alpha value is 0.440. The van der Waals surface area contributed by atoms with Gasteiger partial charge in [-0.15, -0.1) is 0 Å². The van der Waals surface area contributed by atoms with E-state index in [1.165, 1.54) is 44.9 Å². The van der Waals surface area contributed by atoms with Gasteiger partial charge in [-0.2, -0.15) is 0 Å². The molecule has 1 nitrogen and oxygen atoms in total. The van der Waals surface area contributed by atoms with Crippen molar-refractivity contribution in [3.05, 3.63) is 0 Å². The Morgan fingerprint density at radius 2 is 2.00 bits per heavy atom. The highest BCUT2D eigenvalue weighted by Crippen LogP contribution is 2.25. The van der Waals surface area contributed by atoms with Gasteiger partial charge in [0.15, 0.2) is 0 Å². The third-order valence-corrected chi connectivity index (χ3v) is 3.75. The van der Waals surface area contributed by atoms with Crippen LogP contribution in [0.4, 0.5) is 0 Å². The molecular formula is C11H21BrO. The molecule has 0 bridgehead atoms. The lowest BCUT2D eigenvalue weighted by Gasteiger charge is -2.20. The summed E-state index contributed by atoms with van der Waals surface area (Å²) in [7, 11) is 0. The number of hydrogen-bond acceptors (Lipinski definition) is 1. The SMILES string of the molecule is CCCCOC1CCCCCC1Br. The summed E-state index contributed by atoms with van der Waals surface area (Å²) in [6, 6.07) is 0. The number of halogens is 1. The Balaban J connectivity index is 2.19. The number of rotatable bonds is 4. The van der Waals surface area contributed by atoms with Crippen molar-refractivity contribution in [2.75, 3.05) is 6.61 Å². The van der Waals surface area contributed by atoms with Gasteiger partial charge in [0, 0.05) is 11.4 Å². The van der Waals surface area contributed by atoms with E-state index in [9.17, 15) is 0 Å². The van der Waals surface area contributed by atoms with E-state index in [0.29, 0.717) is 10.9 Å². The maximum atomic E-state index is 5.87. The molecule has 0 heterocycles. The van der Waals surface area contributed by atoms with Gasteiger partial charge in [-0.1, -0.05) is 48.5 Å². The summed E-state index contributed by atoms with van der Waals surface area (Å²) in [5.41, 5.74) is 0. The van der Waals surface area contributed by atoms with Crippen LogP contribution in [0.25, 0.3) is 0 Å². The normalized spacial score (nSPS) is 30.0. The molecule has 0 radical (unpaired) electrons. The van der Waals surface area contributed by atoms with E-state index in [1.807, 2.05) is 0 Å². The first-order valence-electron chi connectivity index (χ1n) is 5.60. The van der Waals surface area contributed by atoms with Crippen LogP contribution in [0.5, 0.6) is 0 Å². The second-order valence-electron chi connectivity index (χ2n) is 3.92. The highest BCUT2D eigenvalue weighted by Gasteiger charge is 2.21. The van der Waals surface area contributed by atoms with E-state index >= 15 is 0 Å². The zero-order valence-electron chi connectivity index (χ0n) is 8.60. The molecule has 1 fully saturated rings. The highest BCUT2D eigenvalue weighted by molar-refractivity contribution is 9.09. The maximum absolute atomic E-state index is 5.87. The lowest BCUT2D eigenvalue weighted by Crippen LogP contribution is -2.23. The lowest BCUT2D eigenvalue weighted by molar-refractivity contribution is 0.0466. The number of alkyl halides is 1. The van der Waals surface area contributed by atoms with E-state index < -0.39 is 0 Å². The molecule has 1 rings (SSSR count). The summed E-state index contributed by atoms with van der Waals surface area (Å²) in [6.07, 6.45) is 9.55. The van der Waals surface area contributed by atoms with Crippen LogP contribution in [0.1, 0.15) is 51.9 Å². The van der Waals surface area contributed by atoms with Crippen molar-refractivity contribution in [2.24, 2.45) is 0 Å². The van der Waals surface area contributed by atoms with Crippen LogP contribution in [0.2, 0.25) is 0 Å². The molecule has 1 aliphatic carbocycles. The van der Waals surface area contributed by atoms with Crippen LogP contribution in [0.15, 0.2) is 0 Å². The molecule has 0 spiro atoms. The number of ether oxygens (including phenoxy) is 1. The van der Waals surface area contributed by atoms with Crippen LogP contribution >= 0.6 is 15.9 Å². The molecule has 0 aromatic heterocycles. The smallest absolute Gasteiger partial charge is 0.0700 e. The summed E-state index contributed by atoms with van der Waals surface area (Å²) in [5.74, 6) is 0. The van der Waals surface area contributed by atoms with Gasteiger partial charge in [0.05, 0.1) is 6.10 Å². The molecule has 2 heteroatoms. The molecule has 0 aromatic carbocycles. The monoisotopic (exact) mass is 248 g/mol. The Morgan fingerprint density at radius 1 is 1.23 bits per heavy atom. The largest absolute Gasteiger partial charge is 0.377 e. The molecule has 0 N–H and O–H groups in total. The van der Waals surface area contributed by atoms with Crippen LogP contribution < -0.4 is 0 Å². The first kappa shape index (κ1) is 11.5. The van der Waals surface area contributed by atoms with Crippen LogP contribution in [-0.4, -0.2) is 17.5 Å². The second kappa shape index (κ2) is 6.83. The van der Waals surface area contributed by atoms with Crippen molar-refractivity contribution in [3.8, 4) is 0 Å². The maximum Gasteiger partial charge on any atom is 0.0700 e. The van der Waals surface area contributed by atoms with Gasteiger partial charge in [-0.3, -0.25) is 0 Å². The van der Waals surface area contributed by atoms with Crippen molar-refractivity contribution < 1.29 is 4.74 Å². The van der Waals surface area contributed by atoms with Crippen LogP contribution in [-0.2, 0) is 4.74 Å². The van der Waals surface area contributed by atoms with Crippen LogP contribution in [0, 0.1) is 0 Å². The minimum Gasteiger partial charge on any atom is -0.377 e. The van der Waals surface area contributed by atoms with Crippen molar-refractivity contribution in [2.45, 2.75) is 62.8 Å². The topological polar surface area (TPSA) is 9.23 Å². The minimum atomic E-state index is 0.481. The minimum absolute atomic E-state index is 0.481. The first-order chi connectivity index (χ1) is 6.34. The molecular weight excluding hydrogens is 228 g/mol. The van der Waals surface area contributed by atoms with Gasteiger partial charge in [0.2, 0.25) is 0 Å². The van der Waals surface area contributed by atoms with E-state index in [1.54, 1.807) is 0 Å². The predicted molar refractivity (Wildman–Crippen MR) is 60.4 cm³/mol. The van der Waals surface area contributed by atoms with E-state index in [2.05, 4.69) is 22.9 Å². The van der Waals surface area contributed by atoms with Crippen molar-refractivity contribution in [1.29, 1.82) is 0 Å². The standard InChI is InChI=1S/C11H21BrO/c1-2-3-9-13-11-8-6-4-5-7-10(11)12/h10-11H,2-9H2,1H3. The predicted octanol–water partition coefficient (Wildman–Crippen LogP) is 3.90. The fourth-order valence-corrected chi connectivity index (χ4v) is 2.54. The van der Waals surface area contributed by atoms with Gasteiger partial charge in [0.25, 0.3) is 0 Å². The first-order valence-corrected chi connectivity index (χ1v) is 6.52. The molecule has 1 saturated carbocycles. The summed E-state index contributed by atoms with van der Waals surface area (Å²) in [6.45, 7) is 3.16. The van der Waals surface area contributed by atoms with Gasteiger partial charge in [-0.25, -0.2) is 0 Å². The van der Waals surface area contributed by atoms with Crippen molar-refractivity contribution in [3.63, 3.8) is 0 Å². The van der Waals surface area contributed by atoms with E-state index in [0.717, 1.165) is 6.61 Å².